The number of rotatable bonds is 40. The van der Waals surface area contributed by atoms with Crippen molar-refractivity contribution in [1.29, 1.82) is 0 Å². The zero-order valence-electron chi connectivity index (χ0n) is 84.9. The summed E-state index contributed by atoms with van der Waals surface area (Å²) >= 11 is 0. The average molecular weight is 2060 g/mol. The lowest BCUT2D eigenvalue weighted by atomic mass is 10.2. The molecule has 0 amide bonds. The number of hydrogen-bond donors (Lipinski definition) is 2. The molecule has 44 heteroatoms. The van der Waals surface area contributed by atoms with Gasteiger partial charge in [-0.15, -0.1) is 0 Å². The molecule has 4 unspecified atom stereocenters. The van der Waals surface area contributed by atoms with Crippen molar-refractivity contribution < 1.29 is 66.4 Å². The zero-order valence-corrected chi connectivity index (χ0v) is 90.2. The number of ether oxygens (including phenoxy) is 10. The first kappa shape index (κ1) is 109. The van der Waals surface area contributed by atoms with Crippen LogP contribution in [-0.4, -0.2) is 331 Å². The quantitative estimate of drug-likeness (QED) is 0.0118. The van der Waals surface area contributed by atoms with Crippen LogP contribution in [0.5, 0.6) is 0 Å². The van der Waals surface area contributed by atoms with Crippen molar-refractivity contribution in [3.63, 3.8) is 0 Å². The maximum absolute atomic E-state index is 9.68. The number of benzene rings is 4. The van der Waals surface area contributed by atoms with E-state index in [1.807, 2.05) is 148 Å². The molecule has 16 rings (SSSR count). The van der Waals surface area contributed by atoms with Crippen LogP contribution in [0.25, 0.3) is 44.7 Å². The summed E-state index contributed by atoms with van der Waals surface area (Å²) in [5.41, 5.74) is 5.05. The summed E-state index contributed by atoms with van der Waals surface area (Å²) in [7, 11) is 16.2. The van der Waals surface area contributed by atoms with Crippen molar-refractivity contribution in [2.75, 3.05) is 109 Å². The van der Waals surface area contributed by atoms with Gasteiger partial charge in [-0.1, -0.05) is 206 Å². The molecule has 0 spiro atoms. The van der Waals surface area contributed by atoms with Gasteiger partial charge in [0, 0.05) is 95.3 Å². The molecule has 4 saturated heterocycles. The lowest BCUT2D eigenvalue weighted by Gasteiger charge is -2.43. The normalized spacial score (nSPS) is 21.6. The van der Waals surface area contributed by atoms with Gasteiger partial charge in [-0.3, -0.25) is 18.3 Å². The van der Waals surface area contributed by atoms with Crippen molar-refractivity contribution in [2.24, 2.45) is 20.0 Å². The summed E-state index contributed by atoms with van der Waals surface area (Å²) in [5, 5.41) is 23.9. The Morgan fingerprint density at radius 3 is 0.852 bits per heavy atom. The highest BCUT2D eigenvalue weighted by Crippen LogP contribution is 2.45. The minimum atomic E-state index is -2.79. The van der Waals surface area contributed by atoms with Gasteiger partial charge in [-0.25, -0.2) is 79.8 Å². The predicted octanol–water partition coefficient (Wildman–Crippen LogP) is 13.5. The van der Waals surface area contributed by atoms with Gasteiger partial charge in [0.05, 0.1) is 102 Å². The predicted molar refractivity (Wildman–Crippen MR) is 567 cm³/mol. The van der Waals surface area contributed by atoms with Gasteiger partial charge in [0.25, 0.3) is 16.6 Å². The molecule has 0 saturated carbocycles. The molecule has 16 atom stereocenters. The maximum atomic E-state index is 9.68. The molecule has 4 fully saturated rings. The van der Waals surface area contributed by atoms with E-state index in [-0.39, 0.29) is 108 Å². The molecule has 2 N–H and O–H groups in total. The fourth-order valence-corrected chi connectivity index (χ4v) is 29.7. The Balaban J connectivity index is 0.000000163. The second-order valence-corrected chi connectivity index (χ2v) is 51.2. The van der Waals surface area contributed by atoms with Crippen LogP contribution in [-0.2, 0) is 56.2 Å². The third-order valence-corrected chi connectivity index (χ3v) is 37.8. The van der Waals surface area contributed by atoms with Gasteiger partial charge in [-0.05, 0) is 84.9 Å². The minimum absolute atomic E-state index is 0.00947. The molecule has 4 aliphatic rings. The van der Waals surface area contributed by atoms with Crippen LogP contribution in [0.2, 0.25) is 10.1 Å². The Morgan fingerprint density at radius 1 is 0.380 bits per heavy atom. The lowest BCUT2D eigenvalue weighted by Crippen LogP contribution is -2.67. The first-order chi connectivity index (χ1) is 68.3. The van der Waals surface area contributed by atoms with Gasteiger partial charge < -0.3 is 86.0 Å². The van der Waals surface area contributed by atoms with Crippen molar-refractivity contribution in [1.82, 2.24) is 97.7 Å². The van der Waals surface area contributed by atoms with E-state index in [9.17, 15) is 10.2 Å². The highest BCUT2D eigenvalue weighted by molar-refractivity contribution is 8.76. The summed E-state index contributed by atoms with van der Waals surface area (Å²) in [5.74, 6) is 2.01. The Hall–Kier alpha value is -9.77. The second-order valence-electron chi connectivity index (χ2n) is 37.1. The summed E-state index contributed by atoms with van der Waals surface area (Å²) in [6, 6.07) is 42.5. The maximum Gasteiger partial charge on any atom is 0.261 e. The molecule has 0 aliphatic carbocycles. The van der Waals surface area contributed by atoms with E-state index in [0.29, 0.717) is 120 Å². The van der Waals surface area contributed by atoms with Crippen molar-refractivity contribution in [3.05, 3.63) is 172 Å². The van der Waals surface area contributed by atoms with Crippen LogP contribution >= 0.6 is 43.2 Å². The van der Waals surface area contributed by atoms with Crippen LogP contribution < -0.4 is 20.7 Å². The van der Waals surface area contributed by atoms with Gasteiger partial charge in [0.15, 0.2) is 80.5 Å². The Kier molecular flexibility index (Phi) is 39.6. The monoisotopic (exact) mass is 2060 g/mol. The second kappa shape index (κ2) is 51.3. The van der Waals surface area contributed by atoms with Crippen LogP contribution in [0.15, 0.2) is 192 Å². The Bertz CT molecular complexity index is 5600. The van der Waals surface area contributed by atoms with Gasteiger partial charge in [-0.2, -0.15) is 0 Å². The third-order valence-electron chi connectivity index (χ3n) is 23.8. The third kappa shape index (κ3) is 26.9. The molecule has 142 heavy (non-hydrogen) atoms. The summed E-state index contributed by atoms with van der Waals surface area (Å²) in [4.78, 5) is 77.9. The number of fused-ring (bicyclic) bond motifs is 4. The fourth-order valence-electron chi connectivity index (χ4n) is 17.7. The van der Waals surface area contributed by atoms with Crippen molar-refractivity contribution in [2.45, 2.75) is 216 Å². The van der Waals surface area contributed by atoms with Crippen LogP contribution in [0.3, 0.4) is 0 Å². The molecule has 4 aromatic carbocycles. The van der Waals surface area contributed by atoms with Crippen molar-refractivity contribution >= 4 is 174 Å². The van der Waals surface area contributed by atoms with E-state index in [2.05, 4.69) is 243 Å². The fraction of sp³-hybridized carbons (Fsp3) is 0.510. The van der Waals surface area contributed by atoms with Crippen molar-refractivity contribution in [3.8, 4) is 0 Å². The van der Waals surface area contributed by atoms with Crippen LogP contribution in [0, 0.1) is 0 Å². The average Bonchev–Trinajstić information content (AvgIpc) is 1.13. The number of hydrogen-bond acceptors (Lipinski definition) is 34. The summed E-state index contributed by atoms with van der Waals surface area (Å²) < 4.78 is 84.2. The lowest BCUT2D eigenvalue weighted by molar-refractivity contribution is -0.172. The molecule has 38 nitrogen and oxygen atoms in total. The molecule has 0 radical (unpaired) electrons. The van der Waals surface area contributed by atoms with E-state index in [1.165, 1.54) is 46.1 Å². The summed E-state index contributed by atoms with van der Waals surface area (Å²) in [6.45, 7) is 27.0. The number of imidazole rings is 4. The number of aromatic nitrogens is 16. The first-order valence-electron chi connectivity index (χ1n) is 47.4. The van der Waals surface area contributed by atoms with Crippen LogP contribution in [0.4, 0.5) is 23.3 Å². The van der Waals surface area contributed by atoms with E-state index < -0.39 is 29.2 Å². The molecule has 8 aromatic heterocycles. The van der Waals surface area contributed by atoms with Gasteiger partial charge >= 0.3 is 0 Å². The largest absolute Gasteiger partial charge is 0.405 e. The molecular weight excluding hydrogens is 1920 g/mol. The van der Waals surface area contributed by atoms with Crippen LogP contribution in [0.1, 0.15) is 134 Å². The highest BCUT2D eigenvalue weighted by atomic mass is 33.1. The molecular formula is C98H136N24O14S4Si2. The van der Waals surface area contributed by atoms with Gasteiger partial charge in [0.1, 0.15) is 85.5 Å². The summed E-state index contributed by atoms with van der Waals surface area (Å²) in [6.07, 6.45) is 21.4. The van der Waals surface area contributed by atoms with E-state index >= 15 is 0 Å². The minimum Gasteiger partial charge on any atom is -0.405 e. The molecule has 764 valence electrons. The number of aliphatic imine (C=N–C) groups is 4. The number of aliphatic hydroxyl groups excluding tert-OH is 2. The van der Waals surface area contributed by atoms with E-state index in [4.69, 9.17) is 56.2 Å². The Labute approximate surface area is 848 Å². The topological polar surface area (TPSA) is 388 Å². The number of nitrogens with zero attached hydrogens (tertiary/aromatic N) is 24. The molecule has 4 aliphatic heterocycles. The SMILES string of the molecule is CCO[C@@H](C)OC1C[C@H](n2cnc3c(N=CN(C)C)ncnc32)O[C@@H]1CO[Si](c1ccccc1)(c1ccccc1)C(C)(C)C.CCO[C@H](C)OC1C[C@H](n2cnc3c(N=CN(C)C)ncnc32)O[C@@H]1CO[Si](c1ccccc1)(c1ccccc1)C(C)(C)C.CSS[C@@H](C)OC1C[C@H](n2cnc3c(N=CN(C)C)ncnc32)O[C@@H]1CO.CSS[C@H](C)OC1C[C@H](n2cnc3c(N=CN(C)C)ncnc32)O[C@@H]1CO. The Morgan fingerprint density at radius 2 is 0.627 bits per heavy atom. The van der Waals surface area contributed by atoms with E-state index in [0.717, 1.165) is 0 Å². The smallest absolute Gasteiger partial charge is 0.261 e. The van der Waals surface area contributed by atoms with E-state index in [1.54, 1.807) is 93.8 Å². The molecule has 12 aromatic rings. The first-order valence-corrected chi connectivity index (χ1v) is 56.5. The zero-order chi connectivity index (χ0) is 101. The molecule has 12 heterocycles. The standard InChI is InChI=1S/2C33H44N6O4Si.2C16H24N6O3S2/c2*1-8-40-24(2)42-27-19-29(39-23-36-30-31(37-22-38(6)7)34-21-35-32(30)39)43-28(27)20-41-44(33(3,4)5,25-15-11-9-12-16-25)26-17-13-10-14-18-26;2*1-10(27-26-4)24-11-5-13(25-12(11)6-23)22-9-19-14-15(20-8-21(2)3)17-7-18-16(14)22/h2*9-18,21-24,27-29H,8,19-20H2,1-7H3;2*7-13,23H,5-6H2,1-4H3/t24-,27?,28+,29+;24-,27?,28-,29-;10-,11?,12+,13+;10-,11?,12-,13-/m0101/s1. The molecule has 0 bridgehead atoms. The highest BCUT2D eigenvalue weighted by Gasteiger charge is 2.54. The number of aliphatic hydroxyl groups is 2. The van der Waals surface area contributed by atoms with Gasteiger partial charge in [0.2, 0.25) is 0 Å².